The van der Waals surface area contributed by atoms with E-state index in [9.17, 15) is 13.2 Å². The van der Waals surface area contributed by atoms with Gasteiger partial charge in [0.2, 0.25) is 5.17 Å². The largest absolute Gasteiger partial charge is 0.494 e. The number of ether oxygens (including phenoxy) is 2. The van der Waals surface area contributed by atoms with Gasteiger partial charge in [0.05, 0.1) is 14.2 Å². The summed E-state index contributed by atoms with van der Waals surface area (Å²) in [5, 5.41) is -1.49. The fourth-order valence-electron chi connectivity index (χ4n) is 1.10. The molecule has 0 bridgehead atoms. The lowest BCUT2D eigenvalue weighted by molar-refractivity contribution is -0.0558. The first-order valence-electron chi connectivity index (χ1n) is 4.42. The van der Waals surface area contributed by atoms with Crippen molar-refractivity contribution in [3.05, 3.63) is 18.2 Å². The van der Waals surface area contributed by atoms with Crippen LogP contribution in [0.15, 0.2) is 23.2 Å². The van der Waals surface area contributed by atoms with Crippen molar-refractivity contribution in [3.63, 3.8) is 0 Å². The lowest BCUT2D eigenvalue weighted by atomic mass is 10.2. The van der Waals surface area contributed by atoms with E-state index in [1.807, 2.05) is 0 Å². The van der Waals surface area contributed by atoms with E-state index >= 15 is 0 Å². The van der Waals surface area contributed by atoms with E-state index in [-0.39, 0.29) is 17.2 Å². The van der Waals surface area contributed by atoms with Crippen molar-refractivity contribution >= 4 is 22.5 Å². The van der Waals surface area contributed by atoms with Gasteiger partial charge in [0, 0.05) is 0 Å². The van der Waals surface area contributed by atoms with Crippen LogP contribution in [0.5, 0.6) is 11.5 Å². The molecule has 0 amide bonds. The minimum atomic E-state index is -4.70. The average Bonchev–Trinajstić information content (AvgIpc) is 2.28. The van der Waals surface area contributed by atoms with E-state index in [0.29, 0.717) is 0 Å². The summed E-state index contributed by atoms with van der Waals surface area (Å²) in [6.07, 6.45) is -4.70. The molecule has 3 nitrogen and oxygen atoms in total. The monoisotopic (exact) mass is 267 g/mol. The first-order chi connectivity index (χ1) is 7.90. The zero-order valence-electron chi connectivity index (χ0n) is 9.01. The Morgan fingerprint density at radius 2 is 1.65 bits per heavy atom. The second-order valence-corrected chi connectivity index (χ2v) is 3.27. The molecule has 0 unspecified atom stereocenters. The summed E-state index contributed by atoms with van der Waals surface area (Å²) in [5.74, 6) is 0.290. The molecule has 0 aliphatic carbocycles. The third-order valence-electron chi connectivity index (χ3n) is 1.85. The summed E-state index contributed by atoms with van der Waals surface area (Å²) in [6, 6.07) is 4.49. The number of para-hydroxylation sites is 1. The van der Waals surface area contributed by atoms with Crippen molar-refractivity contribution in [1.82, 2.24) is 0 Å². The van der Waals surface area contributed by atoms with Gasteiger partial charge in [-0.2, -0.15) is 13.2 Å². The van der Waals surface area contributed by atoms with Gasteiger partial charge in [0.15, 0.2) is 0 Å². The van der Waals surface area contributed by atoms with Gasteiger partial charge in [-0.05, 0) is 12.1 Å². The molecule has 0 aromatic heterocycles. The smallest absolute Gasteiger partial charge is 0.444 e. The summed E-state index contributed by atoms with van der Waals surface area (Å²) in [5.41, 5.74) is -0.0974. The Labute approximate surface area is 101 Å². The Balaban J connectivity index is 3.29. The number of hydrogen-bond acceptors (Lipinski definition) is 3. The molecule has 0 spiro atoms. The van der Waals surface area contributed by atoms with Crippen LogP contribution in [0, 0.1) is 0 Å². The number of aliphatic imine (C=N–C) groups is 1. The maximum atomic E-state index is 12.3. The van der Waals surface area contributed by atoms with E-state index in [1.165, 1.54) is 26.4 Å². The second-order valence-electron chi connectivity index (χ2n) is 2.91. The SMILES string of the molecule is COc1cccc(OC)c1N=C(Cl)C(F)(F)F. The first kappa shape index (κ1) is 13.6. The molecule has 0 aliphatic rings. The van der Waals surface area contributed by atoms with Gasteiger partial charge in [-0.15, -0.1) is 0 Å². The molecule has 1 aromatic rings. The number of halogens is 4. The molecule has 1 aromatic carbocycles. The topological polar surface area (TPSA) is 30.8 Å². The van der Waals surface area contributed by atoms with Crippen LogP contribution in [0.3, 0.4) is 0 Å². The third kappa shape index (κ3) is 3.26. The predicted molar refractivity (Wildman–Crippen MR) is 58.5 cm³/mol. The highest BCUT2D eigenvalue weighted by Gasteiger charge is 2.35. The number of benzene rings is 1. The van der Waals surface area contributed by atoms with Crippen LogP contribution in [0.4, 0.5) is 18.9 Å². The molecule has 0 fully saturated rings. The maximum absolute atomic E-state index is 12.3. The molecule has 7 heteroatoms. The van der Waals surface area contributed by atoms with Gasteiger partial charge in [-0.25, -0.2) is 4.99 Å². The van der Waals surface area contributed by atoms with E-state index in [4.69, 9.17) is 21.1 Å². The Hall–Kier alpha value is -1.43. The normalized spacial score (nSPS) is 12.5. The van der Waals surface area contributed by atoms with Gasteiger partial charge >= 0.3 is 6.18 Å². The minimum Gasteiger partial charge on any atom is -0.494 e. The molecule has 94 valence electrons. The summed E-state index contributed by atoms with van der Waals surface area (Å²) in [6.45, 7) is 0. The van der Waals surface area contributed by atoms with Crippen LogP contribution in [-0.2, 0) is 0 Å². The molecular formula is C10H9ClF3NO2. The van der Waals surface area contributed by atoms with Crippen molar-refractivity contribution in [2.75, 3.05) is 14.2 Å². The van der Waals surface area contributed by atoms with Crippen LogP contribution in [-0.4, -0.2) is 25.6 Å². The van der Waals surface area contributed by atoms with Gasteiger partial charge in [-0.3, -0.25) is 0 Å². The maximum Gasteiger partial charge on any atom is 0.444 e. The highest BCUT2D eigenvalue weighted by molar-refractivity contribution is 6.67. The molecule has 0 saturated heterocycles. The Kier molecular flexibility index (Phi) is 4.22. The zero-order valence-corrected chi connectivity index (χ0v) is 9.76. The summed E-state index contributed by atoms with van der Waals surface area (Å²) in [4.78, 5) is 3.28. The van der Waals surface area contributed by atoms with Crippen molar-refractivity contribution < 1.29 is 22.6 Å². The number of hydrogen-bond donors (Lipinski definition) is 0. The van der Waals surface area contributed by atoms with Crippen LogP contribution in [0.25, 0.3) is 0 Å². The molecule has 1 rings (SSSR count). The standard InChI is InChI=1S/C10H9ClF3NO2/c1-16-6-4-3-5-7(17-2)8(6)15-9(11)10(12,13)14/h3-5H,1-2H3. The zero-order chi connectivity index (χ0) is 13.1. The molecule has 0 N–H and O–H groups in total. The highest BCUT2D eigenvalue weighted by Crippen LogP contribution is 2.38. The molecule has 0 saturated carbocycles. The number of rotatable bonds is 3. The molecule has 0 radical (unpaired) electrons. The molecule has 0 aliphatic heterocycles. The van der Waals surface area contributed by atoms with E-state index in [1.54, 1.807) is 6.07 Å². The minimum absolute atomic E-state index is 0.0974. The summed E-state index contributed by atoms with van der Waals surface area (Å²) < 4.78 is 46.6. The highest BCUT2D eigenvalue weighted by atomic mass is 35.5. The predicted octanol–water partition coefficient (Wildman–Crippen LogP) is 3.53. The molecule has 17 heavy (non-hydrogen) atoms. The van der Waals surface area contributed by atoms with Crippen molar-refractivity contribution in [2.24, 2.45) is 4.99 Å². The van der Waals surface area contributed by atoms with Crippen LogP contribution in [0.2, 0.25) is 0 Å². The Morgan fingerprint density at radius 1 is 1.18 bits per heavy atom. The lowest BCUT2D eigenvalue weighted by Gasteiger charge is -2.10. The third-order valence-corrected chi connectivity index (χ3v) is 2.14. The van der Waals surface area contributed by atoms with Crippen molar-refractivity contribution in [3.8, 4) is 11.5 Å². The van der Waals surface area contributed by atoms with Crippen molar-refractivity contribution in [2.45, 2.75) is 6.18 Å². The van der Waals surface area contributed by atoms with E-state index < -0.39 is 11.3 Å². The summed E-state index contributed by atoms with van der Waals surface area (Å²) in [7, 11) is 2.63. The number of nitrogens with zero attached hydrogens (tertiary/aromatic N) is 1. The first-order valence-corrected chi connectivity index (χ1v) is 4.80. The Bertz CT molecular complexity index is 410. The molecular weight excluding hydrogens is 259 g/mol. The molecule has 0 atom stereocenters. The molecule has 0 heterocycles. The van der Waals surface area contributed by atoms with E-state index in [2.05, 4.69) is 4.99 Å². The van der Waals surface area contributed by atoms with Gasteiger partial charge in [-0.1, -0.05) is 17.7 Å². The fraction of sp³-hybridized carbons (Fsp3) is 0.300. The van der Waals surface area contributed by atoms with Crippen molar-refractivity contribution in [1.29, 1.82) is 0 Å². The van der Waals surface area contributed by atoms with Gasteiger partial charge < -0.3 is 9.47 Å². The Morgan fingerprint density at radius 3 is 2.00 bits per heavy atom. The quantitative estimate of drug-likeness (QED) is 0.785. The lowest BCUT2D eigenvalue weighted by Crippen LogP contribution is -2.16. The fourth-order valence-corrected chi connectivity index (χ4v) is 1.19. The van der Waals surface area contributed by atoms with E-state index in [0.717, 1.165) is 0 Å². The number of alkyl halides is 3. The summed E-state index contributed by atoms with van der Waals surface area (Å²) >= 11 is 5.06. The number of methoxy groups -OCH3 is 2. The van der Waals surface area contributed by atoms with Gasteiger partial charge in [0.25, 0.3) is 0 Å². The van der Waals surface area contributed by atoms with Gasteiger partial charge in [0.1, 0.15) is 17.2 Å². The average molecular weight is 268 g/mol. The van der Waals surface area contributed by atoms with Crippen LogP contribution >= 0.6 is 11.6 Å². The van der Waals surface area contributed by atoms with Crippen LogP contribution < -0.4 is 9.47 Å². The van der Waals surface area contributed by atoms with Crippen LogP contribution in [0.1, 0.15) is 0 Å². The second kappa shape index (κ2) is 5.27.